The Morgan fingerprint density at radius 2 is 2.14 bits per heavy atom. The SMILES string of the molecule is CC1C(=O)NC(=O)CN1C(=O)CCSc1ccccc1Cl. The van der Waals surface area contributed by atoms with E-state index in [-0.39, 0.29) is 18.9 Å². The summed E-state index contributed by atoms with van der Waals surface area (Å²) < 4.78 is 0. The van der Waals surface area contributed by atoms with E-state index >= 15 is 0 Å². The van der Waals surface area contributed by atoms with Gasteiger partial charge in [0.1, 0.15) is 12.6 Å². The Morgan fingerprint density at radius 1 is 1.43 bits per heavy atom. The fraction of sp³-hybridized carbons (Fsp3) is 0.357. The van der Waals surface area contributed by atoms with Gasteiger partial charge in [-0.3, -0.25) is 19.7 Å². The lowest BCUT2D eigenvalue weighted by atomic mass is 10.2. The van der Waals surface area contributed by atoms with Gasteiger partial charge in [-0.05, 0) is 19.1 Å². The van der Waals surface area contributed by atoms with Crippen LogP contribution in [0.3, 0.4) is 0 Å². The summed E-state index contributed by atoms with van der Waals surface area (Å²) in [5.41, 5.74) is 0. The topological polar surface area (TPSA) is 66.5 Å². The molecule has 1 atom stereocenters. The largest absolute Gasteiger partial charge is 0.322 e. The number of carbonyl (C=O) groups excluding carboxylic acids is 3. The van der Waals surface area contributed by atoms with Crippen LogP contribution in [0.25, 0.3) is 0 Å². The third-order valence-electron chi connectivity index (χ3n) is 3.15. The second-order valence-corrected chi connectivity index (χ2v) is 6.18. The first kappa shape index (κ1) is 15.9. The van der Waals surface area contributed by atoms with Crippen LogP contribution in [-0.4, -0.2) is 41.0 Å². The van der Waals surface area contributed by atoms with Crippen LogP contribution >= 0.6 is 23.4 Å². The van der Waals surface area contributed by atoms with Crippen molar-refractivity contribution in [3.63, 3.8) is 0 Å². The average Bonchev–Trinajstić information content (AvgIpc) is 2.44. The smallest absolute Gasteiger partial charge is 0.249 e. The van der Waals surface area contributed by atoms with Crippen molar-refractivity contribution in [2.75, 3.05) is 12.3 Å². The van der Waals surface area contributed by atoms with Gasteiger partial charge in [0.15, 0.2) is 0 Å². The molecule has 0 radical (unpaired) electrons. The first-order valence-corrected chi connectivity index (χ1v) is 7.86. The second kappa shape index (κ2) is 6.95. The Hall–Kier alpha value is -1.53. The van der Waals surface area contributed by atoms with Gasteiger partial charge in [-0.25, -0.2) is 0 Å². The molecule has 0 spiro atoms. The molecule has 1 heterocycles. The van der Waals surface area contributed by atoms with Crippen molar-refractivity contribution in [1.82, 2.24) is 10.2 Å². The Kier molecular flexibility index (Phi) is 5.25. The van der Waals surface area contributed by atoms with Gasteiger partial charge in [0.25, 0.3) is 0 Å². The number of nitrogens with one attached hydrogen (secondary N) is 1. The van der Waals surface area contributed by atoms with E-state index in [1.54, 1.807) is 13.0 Å². The van der Waals surface area contributed by atoms with Crippen LogP contribution in [0, 0.1) is 0 Å². The minimum absolute atomic E-state index is 0.0670. The zero-order chi connectivity index (χ0) is 15.4. The van der Waals surface area contributed by atoms with Gasteiger partial charge in [0.2, 0.25) is 17.7 Å². The third kappa shape index (κ3) is 3.98. The quantitative estimate of drug-likeness (QED) is 0.675. The molecule has 1 unspecified atom stereocenters. The third-order valence-corrected chi connectivity index (χ3v) is 4.67. The molecule has 112 valence electrons. The molecule has 1 N–H and O–H groups in total. The van der Waals surface area contributed by atoms with Crippen molar-refractivity contribution in [3.05, 3.63) is 29.3 Å². The number of hydrogen-bond acceptors (Lipinski definition) is 4. The zero-order valence-corrected chi connectivity index (χ0v) is 13.0. The number of amides is 3. The molecule has 5 nitrogen and oxygen atoms in total. The van der Waals surface area contributed by atoms with Crippen molar-refractivity contribution in [3.8, 4) is 0 Å². The lowest BCUT2D eigenvalue weighted by Crippen LogP contribution is -2.58. The van der Waals surface area contributed by atoms with Crippen LogP contribution < -0.4 is 5.32 Å². The number of thioether (sulfide) groups is 1. The first-order valence-electron chi connectivity index (χ1n) is 6.49. The summed E-state index contributed by atoms with van der Waals surface area (Å²) in [6, 6.07) is 6.79. The molecular formula is C14H15ClN2O3S. The molecule has 0 aliphatic carbocycles. The van der Waals surface area contributed by atoms with Crippen LogP contribution in [0.15, 0.2) is 29.2 Å². The van der Waals surface area contributed by atoms with Gasteiger partial charge in [0.05, 0.1) is 5.02 Å². The predicted molar refractivity (Wildman–Crippen MR) is 81.1 cm³/mol. The van der Waals surface area contributed by atoms with Gasteiger partial charge in [0, 0.05) is 17.1 Å². The molecule has 1 aliphatic rings. The number of hydrogen-bond donors (Lipinski definition) is 1. The van der Waals surface area contributed by atoms with E-state index in [0.29, 0.717) is 10.8 Å². The number of piperazine rings is 1. The monoisotopic (exact) mass is 326 g/mol. The summed E-state index contributed by atoms with van der Waals surface area (Å²) >= 11 is 7.51. The van der Waals surface area contributed by atoms with E-state index in [9.17, 15) is 14.4 Å². The van der Waals surface area contributed by atoms with E-state index in [0.717, 1.165) is 4.90 Å². The van der Waals surface area contributed by atoms with Crippen molar-refractivity contribution in [2.45, 2.75) is 24.3 Å². The van der Waals surface area contributed by atoms with Crippen molar-refractivity contribution in [1.29, 1.82) is 0 Å². The number of rotatable bonds is 4. The summed E-state index contributed by atoms with van der Waals surface area (Å²) in [5, 5.41) is 2.86. The Balaban J connectivity index is 1.88. The van der Waals surface area contributed by atoms with Gasteiger partial charge >= 0.3 is 0 Å². The molecular weight excluding hydrogens is 312 g/mol. The molecule has 1 aromatic carbocycles. The molecule has 1 fully saturated rings. The Morgan fingerprint density at radius 3 is 2.86 bits per heavy atom. The van der Waals surface area contributed by atoms with Gasteiger partial charge in [-0.2, -0.15) is 0 Å². The lowest BCUT2D eigenvalue weighted by Gasteiger charge is -2.31. The summed E-state index contributed by atoms with van der Waals surface area (Å²) in [6.07, 6.45) is 0.251. The van der Waals surface area contributed by atoms with Gasteiger partial charge < -0.3 is 4.90 Å². The molecule has 1 aliphatic heterocycles. The van der Waals surface area contributed by atoms with Crippen LogP contribution in [0.2, 0.25) is 5.02 Å². The first-order chi connectivity index (χ1) is 9.99. The molecule has 1 saturated heterocycles. The normalized spacial score (nSPS) is 18.6. The van der Waals surface area contributed by atoms with E-state index in [1.807, 2.05) is 18.2 Å². The fourth-order valence-corrected chi connectivity index (χ4v) is 3.15. The van der Waals surface area contributed by atoms with E-state index in [1.165, 1.54) is 16.7 Å². The van der Waals surface area contributed by atoms with Crippen LogP contribution in [-0.2, 0) is 14.4 Å². The van der Waals surface area contributed by atoms with Crippen LogP contribution in [0.5, 0.6) is 0 Å². The van der Waals surface area contributed by atoms with E-state index < -0.39 is 17.9 Å². The van der Waals surface area contributed by atoms with Crippen LogP contribution in [0.1, 0.15) is 13.3 Å². The van der Waals surface area contributed by atoms with Crippen molar-refractivity contribution >= 4 is 41.1 Å². The van der Waals surface area contributed by atoms with E-state index in [2.05, 4.69) is 5.32 Å². The van der Waals surface area contributed by atoms with Crippen molar-refractivity contribution < 1.29 is 14.4 Å². The molecule has 21 heavy (non-hydrogen) atoms. The highest BCUT2D eigenvalue weighted by atomic mass is 35.5. The van der Waals surface area contributed by atoms with Crippen LogP contribution in [0.4, 0.5) is 0 Å². The Bertz CT molecular complexity index is 579. The molecule has 2 rings (SSSR count). The second-order valence-electron chi connectivity index (χ2n) is 4.64. The summed E-state index contributed by atoms with van der Waals surface area (Å²) in [7, 11) is 0. The molecule has 1 aromatic rings. The predicted octanol–water partition coefficient (Wildman–Crippen LogP) is 1.70. The fourth-order valence-electron chi connectivity index (χ4n) is 1.97. The van der Waals surface area contributed by atoms with E-state index in [4.69, 9.17) is 11.6 Å². The highest BCUT2D eigenvalue weighted by Gasteiger charge is 2.32. The molecule has 0 saturated carbocycles. The number of carbonyl (C=O) groups is 3. The highest BCUT2D eigenvalue weighted by Crippen LogP contribution is 2.27. The maximum Gasteiger partial charge on any atom is 0.249 e. The maximum absolute atomic E-state index is 12.1. The number of benzene rings is 1. The Labute approximate surface area is 132 Å². The lowest BCUT2D eigenvalue weighted by molar-refractivity contribution is -0.149. The average molecular weight is 327 g/mol. The molecule has 7 heteroatoms. The number of nitrogens with zero attached hydrogens (tertiary/aromatic N) is 1. The maximum atomic E-state index is 12.1. The standard InChI is InChI=1S/C14H15ClN2O3S/c1-9-14(20)16-12(18)8-17(9)13(19)6-7-21-11-5-3-2-4-10(11)15/h2-5,9H,6-8H2,1H3,(H,16,18,20). The minimum atomic E-state index is -0.611. The summed E-state index contributed by atoms with van der Waals surface area (Å²) in [5.74, 6) is -0.532. The molecule has 0 bridgehead atoms. The highest BCUT2D eigenvalue weighted by molar-refractivity contribution is 7.99. The molecule has 3 amide bonds. The minimum Gasteiger partial charge on any atom is -0.322 e. The van der Waals surface area contributed by atoms with Gasteiger partial charge in [-0.15, -0.1) is 11.8 Å². The number of imide groups is 1. The van der Waals surface area contributed by atoms with Crippen molar-refractivity contribution in [2.24, 2.45) is 0 Å². The summed E-state index contributed by atoms with van der Waals surface area (Å²) in [4.78, 5) is 37.2. The number of halogens is 1. The van der Waals surface area contributed by atoms with Gasteiger partial charge in [-0.1, -0.05) is 23.7 Å². The summed E-state index contributed by atoms with van der Waals surface area (Å²) in [6.45, 7) is 1.55. The molecule has 0 aromatic heterocycles. The zero-order valence-electron chi connectivity index (χ0n) is 11.5.